The summed E-state index contributed by atoms with van der Waals surface area (Å²) in [6.45, 7) is 1.91. The van der Waals surface area contributed by atoms with Crippen LogP contribution >= 0.6 is 11.6 Å². The number of nitrogens with one attached hydrogen (secondary N) is 2. The Hall–Kier alpha value is -2.47. The highest BCUT2D eigenvalue weighted by Gasteiger charge is 2.34. The summed E-state index contributed by atoms with van der Waals surface area (Å²) in [5.41, 5.74) is 0.523. The number of alkyl halides is 3. The van der Waals surface area contributed by atoms with Gasteiger partial charge in [-0.05, 0) is 42.3 Å². The molecule has 0 radical (unpaired) electrons. The molecule has 0 aliphatic carbocycles. The zero-order valence-electron chi connectivity index (χ0n) is 12.6. The quantitative estimate of drug-likeness (QED) is 0.755. The fraction of sp³-hybridized carbons (Fsp3) is 0.118. The first-order chi connectivity index (χ1) is 11.3. The van der Waals surface area contributed by atoms with Gasteiger partial charge in [-0.1, -0.05) is 35.9 Å². The van der Waals surface area contributed by atoms with Crippen molar-refractivity contribution >= 4 is 29.4 Å². The maximum atomic E-state index is 13.0. The molecule has 0 heterocycles. The van der Waals surface area contributed by atoms with Crippen LogP contribution in [0.3, 0.4) is 0 Å². The first-order valence-corrected chi connectivity index (χ1v) is 7.31. The third-order valence-corrected chi connectivity index (χ3v) is 3.44. The molecule has 0 bridgehead atoms. The van der Waals surface area contributed by atoms with Gasteiger partial charge in [0.15, 0.2) is 0 Å². The second-order valence-corrected chi connectivity index (χ2v) is 5.41. The fourth-order valence-electron chi connectivity index (χ4n) is 2.00. The average Bonchev–Trinajstić information content (AvgIpc) is 2.50. The molecule has 0 unspecified atom stereocenters. The number of carbonyl (C=O) groups excluding carboxylic acids is 1. The zero-order valence-corrected chi connectivity index (χ0v) is 13.4. The predicted octanol–water partition coefficient (Wildman–Crippen LogP) is 5.46. The first kappa shape index (κ1) is 17.9. The maximum absolute atomic E-state index is 13.0. The number of benzene rings is 2. The van der Waals surface area contributed by atoms with Crippen molar-refractivity contribution in [1.82, 2.24) is 5.32 Å². The van der Waals surface area contributed by atoms with Crippen LogP contribution in [0.4, 0.5) is 23.7 Å². The van der Waals surface area contributed by atoms with Gasteiger partial charge in [-0.2, -0.15) is 13.2 Å². The number of aryl methyl sites for hydroxylation is 1. The molecule has 0 aliphatic heterocycles. The molecule has 3 nitrogen and oxygen atoms in total. The van der Waals surface area contributed by atoms with Crippen molar-refractivity contribution in [2.24, 2.45) is 0 Å². The number of halogens is 4. The molecule has 2 aromatic rings. The lowest BCUT2D eigenvalue weighted by molar-refractivity contribution is -0.136. The smallest absolute Gasteiger partial charge is 0.314 e. The highest BCUT2D eigenvalue weighted by atomic mass is 35.5. The van der Waals surface area contributed by atoms with Crippen molar-refractivity contribution in [3.63, 3.8) is 0 Å². The van der Waals surface area contributed by atoms with Gasteiger partial charge in [0.2, 0.25) is 0 Å². The summed E-state index contributed by atoms with van der Waals surface area (Å²) in [4.78, 5) is 11.8. The predicted molar refractivity (Wildman–Crippen MR) is 88.8 cm³/mol. The van der Waals surface area contributed by atoms with Gasteiger partial charge in [-0.3, -0.25) is 0 Å². The molecular formula is C17H14ClF3N2O. The maximum Gasteiger partial charge on any atom is 0.418 e. The van der Waals surface area contributed by atoms with Crippen molar-refractivity contribution in [2.45, 2.75) is 13.1 Å². The molecule has 0 spiro atoms. The van der Waals surface area contributed by atoms with E-state index in [1.54, 1.807) is 6.08 Å². The van der Waals surface area contributed by atoms with Gasteiger partial charge in [0, 0.05) is 11.2 Å². The summed E-state index contributed by atoms with van der Waals surface area (Å²) < 4.78 is 38.9. The van der Waals surface area contributed by atoms with E-state index in [1.165, 1.54) is 12.3 Å². The molecule has 2 rings (SSSR count). The fourth-order valence-corrected chi connectivity index (χ4v) is 2.17. The summed E-state index contributed by atoms with van der Waals surface area (Å²) in [5, 5.41) is 4.47. The minimum absolute atomic E-state index is 0.0623. The number of anilines is 1. The highest BCUT2D eigenvalue weighted by Crippen LogP contribution is 2.36. The molecule has 0 aromatic heterocycles. The summed E-state index contributed by atoms with van der Waals surface area (Å²) >= 11 is 5.59. The van der Waals surface area contributed by atoms with E-state index in [0.717, 1.165) is 23.3 Å². The van der Waals surface area contributed by atoms with E-state index >= 15 is 0 Å². The number of hydrogen-bond acceptors (Lipinski definition) is 1. The Labute approximate surface area is 142 Å². The summed E-state index contributed by atoms with van der Waals surface area (Å²) in [6, 6.07) is 9.84. The lowest BCUT2D eigenvalue weighted by atomic mass is 10.1. The second kappa shape index (κ2) is 7.40. The molecule has 0 saturated carbocycles. The second-order valence-electron chi connectivity index (χ2n) is 4.98. The van der Waals surface area contributed by atoms with Gasteiger partial charge in [0.05, 0.1) is 11.3 Å². The molecule has 7 heteroatoms. The summed E-state index contributed by atoms with van der Waals surface area (Å²) in [7, 11) is 0. The van der Waals surface area contributed by atoms with Crippen LogP contribution in [0.2, 0.25) is 5.02 Å². The van der Waals surface area contributed by atoms with E-state index in [9.17, 15) is 18.0 Å². The van der Waals surface area contributed by atoms with Crippen molar-refractivity contribution < 1.29 is 18.0 Å². The number of amides is 2. The third kappa shape index (κ3) is 4.76. The molecule has 0 atom stereocenters. The monoisotopic (exact) mass is 354 g/mol. The third-order valence-electron chi connectivity index (χ3n) is 3.20. The van der Waals surface area contributed by atoms with Gasteiger partial charge in [-0.25, -0.2) is 4.79 Å². The minimum Gasteiger partial charge on any atom is -0.314 e. The number of carbonyl (C=O) groups is 1. The van der Waals surface area contributed by atoms with Crippen LogP contribution in [0.5, 0.6) is 0 Å². The molecular weight excluding hydrogens is 341 g/mol. The van der Waals surface area contributed by atoms with Crippen molar-refractivity contribution in [2.75, 3.05) is 5.32 Å². The molecule has 2 aromatic carbocycles. The first-order valence-electron chi connectivity index (χ1n) is 6.94. The molecule has 0 aliphatic rings. The lowest BCUT2D eigenvalue weighted by Gasteiger charge is -2.13. The van der Waals surface area contributed by atoms with Gasteiger partial charge >= 0.3 is 12.2 Å². The molecule has 126 valence electrons. The Morgan fingerprint density at radius 2 is 1.88 bits per heavy atom. The Balaban J connectivity index is 2.07. The van der Waals surface area contributed by atoms with Crippen molar-refractivity contribution in [3.05, 3.63) is 70.4 Å². The Kier molecular flexibility index (Phi) is 5.51. The standard InChI is InChI=1S/C17H14ClF3N2O/c1-11-4-2-3-5-12(11)8-9-22-16(24)23-15-7-6-13(18)10-14(15)17(19,20)21/h2-10H,1H3,(H2,22,23,24)/b9-8+. The molecule has 0 saturated heterocycles. The van der Waals surface area contributed by atoms with Crippen LogP contribution in [-0.2, 0) is 6.18 Å². The van der Waals surface area contributed by atoms with Gasteiger partial charge in [-0.15, -0.1) is 0 Å². The summed E-state index contributed by atoms with van der Waals surface area (Å²) in [6.07, 6.45) is -1.60. The van der Waals surface area contributed by atoms with Crippen LogP contribution in [0.25, 0.3) is 6.08 Å². The Morgan fingerprint density at radius 1 is 1.17 bits per heavy atom. The topological polar surface area (TPSA) is 41.1 Å². The zero-order chi connectivity index (χ0) is 17.7. The van der Waals surface area contributed by atoms with Crippen molar-refractivity contribution in [3.8, 4) is 0 Å². The Bertz CT molecular complexity index is 773. The van der Waals surface area contributed by atoms with Crippen molar-refractivity contribution in [1.29, 1.82) is 0 Å². The SMILES string of the molecule is Cc1ccccc1/C=C/NC(=O)Nc1ccc(Cl)cc1C(F)(F)F. The summed E-state index contributed by atoms with van der Waals surface area (Å²) in [5.74, 6) is 0. The lowest BCUT2D eigenvalue weighted by Crippen LogP contribution is -2.25. The van der Waals surface area contributed by atoms with E-state index < -0.39 is 17.8 Å². The van der Waals surface area contributed by atoms with Crippen LogP contribution in [0, 0.1) is 6.92 Å². The molecule has 2 N–H and O–H groups in total. The molecule has 0 fully saturated rings. The Morgan fingerprint density at radius 3 is 2.54 bits per heavy atom. The van der Waals surface area contributed by atoms with E-state index in [-0.39, 0.29) is 10.7 Å². The highest BCUT2D eigenvalue weighted by molar-refractivity contribution is 6.30. The van der Waals surface area contributed by atoms with Gasteiger partial charge in [0.1, 0.15) is 0 Å². The van der Waals surface area contributed by atoms with E-state index in [1.807, 2.05) is 31.2 Å². The van der Waals surface area contributed by atoms with Gasteiger partial charge < -0.3 is 10.6 Å². The van der Waals surface area contributed by atoms with E-state index in [2.05, 4.69) is 10.6 Å². The number of urea groups is 1. The normalized spacial score (nSPS) is 11.5. The van der Waals surface area contributed by atoms with E-state index in [4.69, 9.17) is 11.6 Å². The minimum atomic E-state index is -4.62. The average molecular weight is 355 g/mol. The number of hydrogen-bond donors (Lipinski definition) is 2. The van der Waals surface area contributed by atoms with Crippen LogP contribution in [0.15, 0.2) is 48.7 Å². The van der Waals surface area contributed by atoms with E-state index in [0.29, 0.717) is 0 Å². The van der Waals surface area contributed by atoms with Crippen LogP contribution in [-0.4, -0.2) is 6.03 Å². The van der Waals surface area contributed by atoms with Gasteiger partial charge in [0.25, 0.3) is 0 Å². The number of rotatable bonds is 3. The van der Waals surface area contributed by atoms with Crippen LogP contribution < -0.4 is 10.6 Å². The largest absolute Gasteiger partial charge is 0.418 e. The molecule has 2 amide bonds. The molecule has 24 heavy (non-hydrogen) atoms. The van der Waals surface area contributed by atoms with Crippen LogP contribution in [0.1, 0.15) is 16.7 Å².